The molecule has 160 valence electrons. The first-order valence-corrected chi connectivity index (χ1v) is 11.2. The van der Waals surface area contributed by atoms with Crippen molar-refractivity contribution in [2.45, 2.75) is 32.1 Å². The van der Waals surface area contributed by atoms with Crippen molar-refractivity contribution in [3.05, 3.63) is 51.9 Å². The highest BCUT2D eigenvalue weighted by Crippen LogP contribution is 2.34. The number of hydrogen-bond donors (Lipinski definition) is 2. The number of ether oxygens (including phenoxy) is 1. The average Bonchev–Trinajstić information content (AvgIpc) is 3.14. The predicted molar refractivity (Wildman–Crippen MR) is 118 cm³/mol. The summed E-state index contributed by atoms with van der Waals surface area (Å²) in [6.45, 7) is 0.487. The number of carbonyl (C=O) groups is 3. The fourth-order valence-electron chi connectivity index (χ4n) is 3.65. The van der Waals surface area contributed by atoms with Crippen LogP contribution in [0.5, 0.6) is 0 Å². The minimum atomic E-state index is -0.265. The molecule has 1 saturated carbocycles. The van der Waals surface area contributed by atoms with Crippen LogP contribution in [0.15, 0.2) is 36.4 Å². The van der Waals surface area contributed by atoms with Crippen LogP contribution < -0.4 is 10.6 Å². The molecule has 2 amide bonds. The molecule has 2 aromatic rings. The predicted octanol–water partition coefficient (Wildman–Crippen LogP) is 4.29. The number of benzene rings is 1. The van der Waals surface area contributed by atoms with E-state index in [2.05, 4.69) is 10.6 Å². The molecule has 1 fully saturated rings. The second kappa shape index (κ2) is 10.6. The molecule has 0 unspecified atom stereocenters. The van der Waals surface area contributed by atoms with Gasteiger partial charge in [0.15, 0.2) is 0 Å². The highest BCUT2D eigenvalue weighted by atomic mass is 35.5. The lowest BCUT2D eigenvalue weighted by Gasteiger charge is -2.26. The molecule has 0 spiro atoms. The molecule has 0 radical (unpaired) electrons. The van der Waals surface area contributed by atoms with Gasteiger partial charge >= 0.3 is 5.97 Å². The maximum atomic E-state index is 12.7. The monoisotopic (exact) mass is 448 g/mol. The van der Waals surface area contributed by atoms with E-state index in [9.17, 15) is 14.4 Å². The molecule has 6 nitrogen and oxygen atoms in total. The maximum Gasteiger partial charge on any atom is 0.308 e. The Bertz CT molecular complexity index is 892. The zero-order valence-corrected chi connectivity index (χ0v) is 18.4. The molecule has 1 heterocycles. The Morgan fingerprint density at radius 2 is 1.77 bits per heavy atom. The first-order chi connectivity index (χ1) is 14.5. The molecule has 30 heavy (non-hydrogen) atoms. The minimum absolute atomic E-state index is 0.138. The van der Waals surface area contributed by atoms with Crippen LogP contribution in [0.1, 0.15) is 41.6 Å². The first-order valence-electron chi connectivity index (χ1n) is 9.98. The number of methoxy groups -OCH3 is 1. The van der Waals surface area contributed by atoms with Gasteiger partial charge in [0.1, 0.15) is 5.00 Å². The highest BCUT2D eigenvalue weighted by Gasteiger charge is 2.31. The molecule has 0 aliphatic heterocycles. The van der Waals surface area contributed by atoms with Crippen molar-refractivity contribution in [1.82, 2.24) is 5.32 Å². The van der Waals surface area contributed by atoms with Gasteiger partial charge in [-0.05, 0) is 43.7 Å². The van der Waals surface area contributed by atoms with Gasteiger partial charge in [-0.2, -0.15) is 0 Å². The summed E-state index contributed by atoms with van der Waals surface area (Å²) in [5, 5.41) is 6.21. The van der Waals surface area contributed by atoms with E-state index < -0.39 is 0 Å². The molecule has 3 rings (SSSR count). The third-order valence-electron chi connectivity index (χ3n) is 5.36. The zero-order valence-electron chi connectivity index (χ0n) is 16.8. The molecule has 1 aromatic heterocycles. The van der Waals surface area contributed by atoms with Crippen LogP contribution in [0.2, 0.25) is 4.34 Å². The number of hydrogen-bond acceptors (Lipinski definition) is 5. The normalized spacial score (nSPS) is 18.5. The third-order valence-corrected chi connectivity index (χ3v) is 6.54. The van der Waals surface area contributed by atoms with Crippen LogP contribution in [-0.4, -0.2) is 31.4 Å². The molecule has 0 bridgehead atoms. The van der Waals surface area contributed by atoms with E-state index >= 15 is 0 Å². The Morgan fingerprint density at radius 1 is 1.10 bits per heavy atom. The van der Waals surface area contributed by atoms with Crippen molar-refractivity contribution in [2.24, 2.45) is 11.8 Å². The molecular weight excluding hydrogens is 424 g/mol. The molecule has 1 aromatic carbocycles. The van der Waals surface area contributed by atoms with Gasteiger partial charge in [-0.25, -0.2) is 0 Å². The van der Waals surface area contributed by atoms with Crippen LogP contribution in [0.4, 0.5) is 5.00 Å². The van der Waals surface area contributed by atoms with Gasteiger partial charge in [-0.15, -0.1) is 11.3 Å². The molecule has 8 heteroatoms. The molecule has 0 saturated heterocycles. The van der Waals surface area contributed by atoms with Gasteiger partial charge in [0.2, 0.25) is 5.91 Å². The van der Waals surface area contributed by atoms with Crippen molar-refractivity contribution in [3.63, 3.8) is 0 Å². The number of halogens is 1. The second-order valence-corrected chi connectivity index (χ2v) is 9.03. The summed E-state index contributed by atoms with van der Waals surface area (Å²) >= 11 is 7.29. The van der Waals surface area contributed by atoms with Crippen LogP contribution in [0, 0.1) is 11.8 Å². The fourth-order valence-corrected chi connectivity index (χ4v) is 4.78. The second-order valence-electron chi connectivity index (χ2n) is 7.35. The molecular formula is C22H25ClN2O4S. The third kappa shape index (κ3) is 5.83. The summed E-state index contributed by atoms with van der Waals surface area (Å²) in [5.74, 6) is -0.954. The SMILES string of the molecule is COC(=O)C1CCC(C(=O)Nc2sc(Cl)cc2C(=O)NCCc2ccccc2)CC1. The van der Waals surface area contributed by atoms with E-state index in [-0.39, 0.29) is 29.6 Å². The molecule has 1 aliphatic rings. The van der Waals surface area contributed by atoms with Gasteiger partial charge in [-0.1, -0.05) is 41.9 Å². The van der Waals surface area contributed by atoms with Crippen molar-refractivity contribution < 1.29 is 19.1 Å². The number of rotatable bonds is 7. The van der Waals surface area contributed by atoms with E-state index in [1.165, 1.54) is 18.4 Å². The fraction of sp³-hybridized carbons (Fsp3) is 0.409. The number of esters is 1. The van der Waals surface area contributed by atoms with Crippen molar-refractivity contribution >= 4 is 45.7 Å². The lowest BCUT2D eigenvalue weighted by molar-refractivity contribution is -0.147. The van der Waals surface area contributed by atoms with Crippen LogP contribution in [-0.2, 0) is 20.7 Å². The number of nitrogens with one attached hydrogen (secondary N) is 2. The van der Waals surface area contributed by atoms with Crippen molar-refractivity contribution in [1.29, 1.82) is 0 Å². The van der Waals surface area contributed by atoms with Crippen LogP contribution in [0.25, 0.3) is 0 Å². The highest BCUT2D eigenvalue weighted by molar-refractivity contribution is 7.20. The Balaban J connectivity index is 1.55. The topological polar surface area (TPSA) is 84.5 Å². The largest absolute Gasteiger partial charge is 0.469 e. The number of carbonyl (C=O) groups excluding carboxylic acids is 3. The lowest BCUT2D eigenvalue weighted by atomic mass is 9.81. The van der Waals surface area contributed by atoms with E-state index in [0.717, 1.165) is 12.0 Å². The minimum Gasteiger partial charge on any atom is -0.469 e. The number of thiophene rings is 1. The standard InChI is InChI=1S/C22H25ClN2O4S/c1-29-22(28)16-9-7-15(8-10-16)19(26)25-21-17(13-18(23)30-21)20(27)24-12-11-14-5-3-2-4-6-14/h2-6,13,15-16H,7-12H2,1H3,(H,24,27)(H,25,26). The van der Waals surface area contributed by atoms with Crippen LogP contribution in [0.3, 0.4) is 0 Å². The maximum absolute atomic E-state index is 12.7. The lowest BCUT2D eigenvalue weighted by Crippen LogP contribution is -2.31. The van der Waals surface area contributed by atoms with Gasteiger partial charge in [-0.3, -0.25) is 14.4 Å². The Kier molecular flexibility index (Phi) is 7.87. The van der Waals surface area contributed by atoms with Crippen molar-refractivity contribution in [2.75, 3.05) is 19.0 Å². The van der Waals surface area contributed by atoms with Gasteiger partial charge in [0.25, 0.3) is 5.91 Å². The molecule has 1 aliphatic carbocycles. The number of amides is 2. The first kappa shape index (κ1) is 22.3. The molecule has 2 N–H and O–H groups in total. The summed E-state index contributed by atoms with van der Waals surface area (Å²) < 4.78 is 5.23. The van der Waals surface area contributed by atoms with Gasteiger partial charge in [0, 0.05) is 12.5 Å². The van der Waals surface area contributed by atoms with E-state index in [1.807, 2.05) is 30.3 Å². The van der Waals surface area contributed by atoms with Crippen molar-refractivity contribution in [3.8, 4) is 0 Å². The smallest absolute Gasteiger partial charge is 0.308 e. The summed E-state index contributed by atoms with van der Waals surface area (Å²) in [6, 6.07) is 11.5. The zero-order chi connectivity index (χ0) is 21.5. The summed E-state index contributed by atoms with van der Waals surface area (Å²) in [7, 11) is 1.38. The summed E-state index contributed by atoms with van der Waals surface area (Å²) in [4.78, 5) is 37.0. The summed E-state index contributed by atoms with van der Waals surface area (Å²) in [6.07, 6.45) is 3.20. The van der Waals surface area contributed by atoms with Crippen LogP contribution >= 0.6 is 22.9 Å². The Labute approximate surface area is 185 Å². The van der Waals surface area contributed by atoms with Gasteiger partial charge < -0.3 is 15.4 Å². The number of anilines is 1. The summed E-state index contributed by atoms with van der Waals surface area (Å²) in [5.41, 5.74) is 1.51. The Morgan fingerprint density at radius 3 is 2.43 bits per heavy atom. The Hall–Kier alpha value is -2.38. The van der Waals surface area contributed by atoms with Gasteiger partial charge in [0.05, 0.1) is 22.9 Å². The van der Waals surface area contributed by atoms with E-state index in [4.69, 9.17) is 16.3 Å². The average molecular weight is 449 g/mol. The quantitative estimate of drug-likeness (QED) is 0.619. The molecule has 0 atom stereocenters. The van der Waals surface area contributed by atoms with E-state index in [0.29, 0.717) is 47.1 Å². The van der Waals surface area contributed by atoms with E-state index in [1.54, 1.807) is 6.07 Å².